The van der Waals surface area contributed by atoms with Gasteiger partial charge in [0.1, 0.15) is 11.6 Å². The van der Waals surface area contributed by atoms with Crippen molar-refractivity contribution in [3.63, 3.8) is 0 Å². The monoisotopic (exact) mass is 418 g/mol. The number of amides is 1. The molecule has 9 heteroatoms. The van der Waals surface area contributed by atoms with Gasteiger partial charge in [-0.3, -0.25) is 4.79 Å². The molecule has 0 aliphatic heterocycles. The molecule has 0 saturated heterocycles. The van der Waals surface area contributed by atoms with Gasteiger partial charge in [-0.1, -0.05) is 48.5 Å². The molecule has 4 aromatic rings. The molecular formula is C22H16F2N6O. The van der Waals surface area contributed by atoms with E-state index in [9.17, 15) is 13.6 Å². The highest BCUT2D eigenvalue weighted by Crippen LogP contribution is 2.13. The minimum absolute atomic E-state index is 0.326. The van der Waals surface area contributed by atoms with Gasteiger partial charge in [-0.15, -0.1) is 10.2 Å². The lowest BCUT2D eigenvalue weighted by Crippen LogP contribution is -2.18. The summed E-state index contributed by atoms with van der Waals surface area (Å²) in [5.41, 5.74) is 4.00. The lowest BCUT2D eigenvalue weighted by atomic mass is 10.1. The van der Waals surface area contributed by atoms with Crippen LogP contribution in [0.1, 0.15) is 21.5 Å². The number of benzene rings is 3. The third-order valence-electron chi connectivity index (χ3n) is 4.38. The Kier molecular flexibility index (Phi) is 5.84. The van der Waals surface area contributed by atoms with E-state index in [4.69, 9.17) is 0 Å². The Morgan fingerprint density at radius 1 is 0.968 bits per heavy atom. The molecule has 0 aliphatic carbocycles. The number of tetrazole rings is 1. The summed E-state index contributed by atoms with van der Waals surface area (Å²) in [6, 6.07) is 19.7. The van der Waals surface area contributed by atoms with E-state index < -0.39 is 17.5 Å². The minimum Gasteiger partial charge on any atom is -0.267 e. The smallest absolute Gasteiger partial charge is 0.267 e. The van der Waals surface area contributed by atoms with Crippen molar-refractivity contribution >= 4 is 12.1 Å². The topological polar surface area (TPSA) is 85.1 Å². The van der Waals surface area contributed by atoms with Crippen molar-refractivity contribution in [3.05, 3.63) is 101 Å². The second-order valence-electron chi connectivity index (χ2n) is 6.54. The average molecular weight is 418 g/mol. The van der Waals surface area contributed by atoms with Gasteiger partial charge in [-0.2, -0.15) is 9.90 Å². The molecule has 0 bridgehead atoms. The lowest BCUT2D eigenvalue weighted by Gasteiger charge is -2.03. The summed E-state index contributed by atoms with van der Waals surface area (Å²) in [4.78, 5) is 13.6. The molecule has 0 fully saturated rings. The van der Waals surface area contributed by atoms with Crippen molar-refractivity contribution in [1.29, 1.82) is 0 Å². The van der Waals surface area contributed by atoms with Crippen LogP contribution in [0.4, 0.5) is 8.78 Å². The normalized spacial score (nSPS) is 11.0. The Hall–Kier alpha value is -4.27. The molecule has 0 radical (unpaired) electrons. The highest BCUT2D eigenvalue weighted by Gasteiger charge is 2.09. The lowest BCUT2D eigenvalue weighted by molar-refractivity contribution is 0.0955. The molecule has 1 N–H and O–H groups in total. The van der Waals surface area contributed by atoms with Crippen LogP contribution < -0.4 is 5.43 Å². The summed E-state index contributed by atoms with van der Waals surface area (Å²) < 4.78 is 27.1. The first kappa shape index (κ1) is 20.0. The van der Waals surface area contributed by atoms with Gasteiger partial charge >= 0.3 is 0 Å². The predicted molar refractivity (Wildman–Crippen MR) is 110 cm³/mol. The van der Waals surface area contributed by atoms with Crippen LogP contribution in [0.25, 0.3) is 11.4 Å². The number of nitrogens with one attached hydrogen (secondary N) is 1. The van der Waals surface area contributed by atoms with Crippen LogP contribution in [0.2, 0.25) is 0 Å². The molecule has 31 heavy (non-hydrogen) atoms. The number of rotatable bonds is 6. The van der Waals surface area contributed by atoms with Crippen LogP contribution in [-0.2, 0) is 6.54 Å². The largest absolute Gasteiger partial charge is 0.271 e. The Morgan fingerprint density at radius 2 is 1.68 bits per heavy atom. The first-order valence-electron chi connectivity index (χ1n) is 9.30. The van der Waals surface area contributed by atoms with Crippen LogP contribution >= 0.6 is 0 Å². The van der Waals surface area contributed by atoms with Gasteiger partial charge in [0.15, 0.2) is 0 Å². The van der Waals surface area contributed by atoms with Gasteiger partial charge in [0.25, 0.3) is 5.91 Å². The van der Waals surface area contributed by atoms with Gasteiger partial charge in [0.05, 0.1) is 18.3 Å². The number of hydrogen-bond acceptors (Lipinski definition) is 5. The SMILES string of the molecule is O=C(N/N=C\c1c(F)cccc1F)c1ccc(Cn2nnc(-c3ccccc3)n2)cc1. The van der Waals surface area contributed by atoms with E-state index in [1.165, 1.54) is 10.9 Å². The maximum Gasteiger partial charge on any atom is 0.271 e. The van der Waals surface area contributed by atoms with E-state index in [2.05, 4.69) is 25.9 Å². The van der Waals surface area contributed by atoms with Gasteiger partial charge in [-0.05, 0) is 35.0 Å². The first-order chi connectivity index (χ1) is 15.1. The van der Waals surface area contributed by atoms with Crippen molar-refractivity contribution in [3.8, 4) is 11.4 Å². The molecule has 0 aliphatic rings. The zero-order chi connectivity index (χ0) is 21.6. The molecule has 4 rings (SSSR count). The Morgan fingerprint density at radius 3 is 2.39 bits per heavy atom. The van der Waals surface area contributed by atoms with Crippen LogP contribution in [0.5, 0.6) is 0 Å². The van der Waals surface area contributed by atoms with Crippen LogP contribution in [-0.4, -0.2) is 32.3 Å². The fourth-order valence-corrected chi connectivity index (χ4v) is 2.79. The molecular weight excluding hydrogens is 402 g/mol. The standard InChI is InChI=1S/C22H16F2N6O/c23-19-7-4-8-20(24)18(19)13-25-27-22(31)17-11-9-15(10-12-17)14-30-28-21(26-29-30)16-5-2-1-3-6-16/h1-13H,14H2,(H,27,31)/b25-13-. The van der Waals surface area contributed by atoms with Gasteiger partial charge in [0, 0.05) is 11.1 Å². The number of carbonyl (C=O) groups excluding carboxylic acids is 1. The molecule has 1 amide bonds. The highest BCUT2D eigenvalue weighted by molar-refractivity contribution is 5.94. The number of nitrogens with zero attached hydrogens (tertiary/aromatic N) is 5. The Labute approximate surface area is 176 Å². The zero-order valence-corrected chi connectivity index (χ0v) is 16.1. The number of halogens is 2. The second kappa shape index (κ2) is 9.04. The van der Waals surface area contributed by atoms with E-state index in [1.807, 2.05) is 30.3 Å². The Balaban J connectivity index is 1.37. The van der Waals surface area contributed by atoms with Crippen LogP contribution in [0.3, 0.4) is 0 Å². The molecule has 0 spiro atoms. The minimum atomic E-state index is -0.764. The molecule has 1 heterocycles. The fraction of sp³-hybridized carbons (Fsp3) is 0.0455. The van der Waals surface area contributed by atoms with Gasteiger partial charge in [-0.25, -0.2) is 14.2 Å². The Bertz CT molecular complexity index is 1200. The second-order valence-corrected chi connectivity index (χ2v) is 6.54. The van der Waals surface area contributed by atoms with E-state index >= 15 is 0 Å². The highest BCUT2D eigenvalue weighted by atomic mass is 19.1. The van der Waals surface area contributed by atoms with Gasteiger partial charge in [0.2, 0.25) is 5.82 Å². The number of aromatic nitrogens is 4. The van der Waals surface area contributed by atoms with Crippen molar-refractivity contribution in [2.75, 3.05) is 0 Å². The predicted octanol–water partition coefficient (Wildman–Crippen LogP) is 3.43. The van der Waals surface area contributed by atoms with Crippen LogP contribution in [0, 0.1) is 11.6 Å². The summed E-state index contributed by atoms with van der Waals surface area (Å²) in [6.45, 7) is 0.381. The van der Waals surface area contributed by atoms with Crippen molar-refractivity contribution < 1.29 is 13.6 Å². The summed E-state index contributed by atoms with van der Waals surface area (Å²) in [5.74, 6) is -1.51. The number of hydrogen-bond donors (Lipinski definition) is 1. The molecule has 154 valence electrons. The van der Waals surface area contributed by atoms with E-state index in [0.29, 0.717) is 17.9 Å². The van der Waals surface area contributed by atoms with Crippen molar-refractivity contribution in [2.24, 2.45) is 5.10 Å². The van der Waals surface area contributed by atoms with Gasteiger partial charge < -0.3 is 0 Å². The average Bonchev–Trinajstić information content (AvgIpc) is 3.25. The van der Waals surface area contributed by atoms with E-state index in [-0.39, 0.29) is 5.56 Å². The number of hydrazone groups is 1. The first-order valence-corrected chi connectivity index (χ1v) is 9.30. The summed E-state index contributed by atoms with van der Waals surface area (Å²) >= 11 is 0. The van der Waals surface area contributed by atoms with E-state index in [1.54, 1.807) is 24.3 Å². The summed E-state index contributed by atoms with van der Waals surface area (Å²) in [5, 5.41) is 16.1. The summed E-state index contributed by atoms with van der Waals surface area (Å²) in [6.07, 6.45) is 0.928. The molecule has 0 saturated carbocycles. The van der Waals surface area contributed by atoms with Crippen LogP contribution in [0.15, 0.2) is 77.9 Å². The third-order valence-corrected chi connectivity index (χ3v) is 4.38. The van der Waals surface area contributed by atoms with Crippen molar-refractivity contribution in [1.82, 2.24) is 25.6 Å². The molecule has 0 atom stereocenters. The summed E-state index contributed by atoms with van der Waals surface area (Å²) in [7, 11) is 0. The van der Waals surface area contributed by atoms with E-state index in [0.717, 1.165) is 29.5 Å². The molecule has 3 aromatic carbocycles. The third kappa shape index (κ3) is 4.84. The zero-order valence-electron chi connectivity index (χ0n) is 16.1. The maximum atomic E-state index is 13.6. The van der Waals surface area contributed by atoms with Crippen molar-refractivity contribution in [2.45, 2.75) is 6.54 Å². The molecule has 1 aromatic heterocycles. The molecule has 7 nitrogen and oxygen atoms in total. The number of carbonyl (C=O) groups is 1. The quantitative estimate of drug-likeness (QED) is 0.384. The molecule has 0 unspecified atom stereocenters. The maximum absolute atomic E-state index is 13.6. The fourth-order valence-electron chi connectivity index (χ4n) is 2.79.